The summed E-state index contributed by atoms with van der Waals surface area (Å²) < 4.78 is 5.25. The second-order valence-electron chi connectivity index (χ2n) is 7.13. The molecule has 4 rings (SSSR count). The van der Waals surface area contributed by atoms with Crippen LogP contribution in [0.3, 0.4) is 0 Å². The summed E-state index contributed by atoms with van der Waals surface area (Å²) in [6, 6.07) is 17.8. The minimum Gasteiger partial charge on any atom is -0.496 e. The van der Waals surface area contributed by atoms with Gasteiger partial charge >= 0.3 is 0 Å². The number of carbonyl (C=O) groups excluding carboxylic acids is 1. The second kappa shape index (κ2) is 9.97. The molecule has 2 heterocycles. The van der Waals surface area contributed by atoms with E-state index in [9.17, 15) is 4.79 Å². The van der Waals surface area contributed by atoms with E-state index in [0.29, 0.717) is 39.5 Å². The number of aryl methyl sites for hydroxylation is 1. The molecule has 9 heteroatoms. The second-order valence-corrected chi connectivity index (χ2v) is 7.57. The lowest BCUT2D eigenvalue weighted by Gasteiger charge is -2.11. The highest BCUT2D eigenvalue weighted by Crippen LogP contribution is 2.25. The van der Waals surface area contributed by atoms with Gasteiger partial charge in [0, 0.05) is 28.7 Å². The van der Waals surface area contributed by atoms with Gasteiger partial charge in [-0.1, -0.05) is 11.6 Å². The van der Waals surface area contributed by atoms with E-state index in [4.69, 9.17) is 16.3 Å². The van der Waals surface area contributed by atoms with Crippen LogP contribution in [-0.2, 0) is 0 Å². The molecular formula is C24H21ClN6O2. The van der Waals surface area contributed by atoms with Crippen molar-refractivity contribution in [3.63, 3.8) is 0 Å². The zero-order valence-corrected chi connectivity index (χ0v) is 18.7. The third kappa shape index (κ3) is 5.75. The molecule has 0 aliphatic rings. The molecule has 0 spiro atoms. The highest BCUT2D eigenvalue weighted by molar-refractivity contribution is 6.31. The molecular weight excluding hydrogens is 440 g/mol. The van der Waals surface area contributed by atoms with Crippen molar-refractivity contribution in [2.45, 2.75) is 6.92 Å². The molecule has 0 fully saturated rings. The Balaban J connectivity index is 1.42. The number of aromatic nitrogens is 3. The largest absolute Gasteiger partial charge is 0.496 e. The topological polar surface area (TPSA) is 101 Å². The van der Waals surface area contributed by atoms with Crippen LogP contribution in [-0.4, -0.2) is 28.0 Å². The zero-order valence-electron chi connectivity index (χ0n) is 18.0. The first kappa shape index (κ1) is 22.0. The van der Waals surface area contributed by atoms with Gasteiger partial charge in [0.25, 0.3) is 5.91 Å². The summed E-state index contributed by atoms with van der Waals surface area (Å²) >= 11 is 6.02. The third-order valence-electron chi connectivity index (χ3n) is 4.66. The molecule has 4 aromatic rings. The van der Waals surface area contributed by atoms with E-state index in [1.807, 2.05) is 31.2 Å². The SMILES string of the molecule is COc1ccc(Cl)cc1C(=O)Nc1ccc(Nc2cc(Nc3cc(C)ccn3)ncn2)cc1. The fourth-order valence-electron chi connectivity index (χ4n) is 3.07. The van der Waals surface area contributed by atoms with E-state index >= 15 is 0 Å². The molecule has 2 aromatic carbocycles. The molecule has 3 N–H and O–H groups in total. The van der Waals surface area contributed by atoms with Gasteiger partial charge in [-0.25, -0.2) is 15.0 Å². The van der Waals surface area contributed by atoms with Crippen LogP contribution in [0.5, 0.6) is 5.75 Å². The molecule has 0 bridgehead atoms. The molecule has 0 saturated heterocycles. The van der Waals surface area contributed by atoms with E-state index in [2.05, 4.69) is 30.9 Å². The Morgan fingerprint density at radius 1 is 0.848 bits per heavy atom. The summed E-state index contributed by atoms with van der Waals surface area (Å²) in [7, 11) is 1.51. The van der Waals surface area contributed by atoms with E-state index in [-0.39, 0.29) is 5.91 Å². The monoisotopic (exact) mass is 460 g/mol. The first-order valence-electron chi connectivity index (χ1n) is 10.0. The highest BCUT2D eigenvalue weighted by Gasteiger charge is 2.13. The van der Waals surface area contributed by atoms with Gasteiger partial charge in [0.05, 0.1) is 12.7 Å². The van der Waals surface area contributed by atoms with Crippen LogP contribution in [0.4, 0.5) is 28.8 Å². The molecule has 0 aliphatic carbocycles. The van der Waals surface area contributed by atoms with Crippen LogP contribution in [0.2, 0.25) is 5.02 Å². The van der Waals surface area contributed by atoms with Gasteiger partial charge in [-0.3, -0.25) is 4.79 Å². The van der Waals surface area contributed by atoms with Crippen molar-refractivity contribution in [1.82, 2.24) is 15.0 Å². The molecule has 0 unspecified atom stereocenters. The Hall–Kier alpha value is -4.17. The predicted molar refractivity (Wildman–Crippen MR) is 130 cm³/mol. The van der Waals surface area contributed by atoms with Gasteiger partial charge in [0.1, 0.15) is 29.5 Å². The Labute approximate surface area is 196 Å². The van der Waals surface area contributed by atoms with Gasteiger partial charge in [-0.05, 0) is 67.1 Å². The van der Waals surface area contributed by atoms with Crippen molar-refractivity contribution < 1.29 is 9.53 Å². The van der Waals surface area contributed by atoms with E-state index < -0.39 is 0 Å². The van der Waals surface area contributed by atoms with E-state index in [1.165, 1.54) is 13.4 Å². The number of methoxy groups -OCH3 is 1. The molecule has 8 nitrogen and oxygen atoms in total. The lowest BCUT2D eigenvalue weighted by atomic mass is 10.1. The number of carbonyl (C=O) groups is 1. The summed E-state index contributed by atoms with van der Waals surface area (Å²) in [5.74, 6) is 2.07. The van der Waals surface area contributed by atoms with Crippen molar-refractivity contribution in [3.05, 3.63) is 89.3 Å². The maximum absolute atomic E-state index is 12.6. The van der Waals surface area contributed by atoms with Gasteiger partial charge in [-0.2, -0.15) is 0 Å². The normalized spacial score (nSPS) is 10.4. The number of nitrogens with one attached hydrogen (secondary N) is 3. The lowest BCUT2D eigenvalue weighted by molar-refractivity contribution is 0.102. The van der Waals surface area contributed by atoms with Crippen LogP contribution < -0.4 is 20.7 Å². The van der Waals surface area contributed by atoms with Crippen molar-refractivity contribution in [3.8, 4) is 5.75 Å². The minimum absolute atomic E-state index is 0.314. The Morgan fingerprint density at radius 3 is 2.27 bits per heavy atom. The number of anilines is 5. The molecule has 0 saturated carbocycles. The lowest BCUT2D eigenvalue weighted by Crippen LogP contribution is -2.13. The molecule has 0 radical (unpaired) electrons. The maximum Gasteiger partial charge on any atom is 0.259 e. The average molecular weight is 461 g/mol. The smallest absolute Gasteiger partial charge is 0.259 e. The number of ether oxygens (including phenoxy) is 1. The van der Waals surface area contributed by atoms with Gasteiger partial charge in [0.2, 0.25) is 0 Å². The van der Waals surface area contributed by atoms with Gasteiger partial charge in [-0.15, -0.1) is 0 Å². The van der Waals surface area contributed by atoms with Crippen molar-refractivity contribution in [2.75, 3.05) is 23.1 Å². The molecule has 166 valence electrons. The van der Waals surface area contributed by atoms with Crippen molar-refractivity contribution in [2.24, 2.45) is 0 Å². The summed E-state index contributed by atoms with van der Waals surface area (Å²) in [6.45, 7) is 2.00. The fraction of sp³-hybridized carbons (Fsp3) is 0.0833. The highest BCUT2D eigenvalue weighted by atomic mass is 35.5. The first-order valence-corrected chi connectivity index (χ1v) is 10.4. The average Bonchev–Trinajstić information content (AvgIpc) is 2.80. The van der Waals surface area contributed by atoms with E-state index in [0.717, 1.165) is 11.3 Å². The van der Waals surface area contributed by atoms with Crippen molar-refractivity contribution >= 4 is 46.3 Å². The van der Waals surface area contributed by atoms with Crippen LogP contribution in [0.25, 0.3) is 0 Å². The minimum atomic E-state index is -0.314. The Kier molecular flexibility index (Phi) is 6.66. The number of pyridine rings is 1. The predicted octanol–water partition coefficient (Wildman–Crippen LogP) is 5.58. The van der Waals surface area contributed by atoms with Crippen LogP contribution in [0, 0.1) is 6.92 Å². The summed E-state index contributed by atoms with van der Waals surface area (Å²) in [5.41, 5.74) is 2.88. The van der Waals surface area contributed by atoms with Crippen LogP contribution in [0.15, 0.2) is 73.2 Å². The third-order valence-corrected chi connectivity index (χ3v) is 4.90. The fourth-order valence-corrected chi connectivity index (χ4v) is 3.24. The Bertz CT molecular complexity index is 1280. The molecule has 33 heavy (non-hydrogen) atoms. The van der Waals surface area contributed by atoms with Crippen LogP contribution in [0.1, 0.15) is 15.9 Å². The summed E-state index contributed by atoms with van der Waals surface area (Å²) in [4.78, 5) is 25.4. The number of benzene rings is 2. The first-order chi connectivity index (χ1) is 16.0. The Morgan fingerprint density at radius 2 is 1.55 bits per heavy atom. The number of hydrogen-bond donors (Lipinski definition) is 3. The molecule has 0 atom stereocenters. The number of hydrogen-bond acceptors (Lipinski definition) is 7. The van der Waals surface area contributed by atoms with Gasteiger partial charge in [0.15, 0.2) is 0 Å². The maximum atomic E-state index is 12.6. The van der Waals surface area contributed by atoms with Crippen molar-refractivity contribution in [1.29, 1.82) is 0 Å². The number of rotatable bonds is 7. The standard InChI is InChI=1S/C24H21ClN6O2/c1-15-9-10-26-21(11-15)31-23-13-22(27-14-28-23)29-17-4-6-18(7-5-17)30-24(32)19-12-16(25)3-8-20(19)33-2/h3-14H,1-2H3,(H,30,32)(H2,26,27,28,29,31). The summed E-state index contributed by atoms with van der Waals surface area (Å²) in [6.07, 6.45) is 3.20. The van der Waals surface area contributed by atoms with Crippen LogP contribution >= 0.6 is 11.6 Å². The number of nitrogens with zero attached hydrogens (tertiary/aromatic N) is 3. The van der Waals surface area contributed by atoms with Gasteiger partial charge < -0.3 is 20.7 Å². The number of amides is 1. The van der Waals surface area contributed by atoms with E-state index in [1.54, 1.807) is 42.6 Å². The quantitative estimate of drug-likeness (QED) is 0.331. The summed E-state index contributed by atoms with van der Waals surface area (Å²) in [5, 5.41) is 9.68. The number of halogens is 1. The molecule has 2 aromatic heterocycles. The zero-order chi connectivity index (χ0) is 23.2. The molecule has 0 aliphatic heterocycles. The molecule has 1 amide bonds.